The number of carbonyl (C=O) groups is 3. The van der Waals surface area contributed by atoms with Crippen molar-refractivity contribution in [2.24, 2.45) is 5.41 Å². The van der Waals surface area contributed by atoms with Gasteiger partial charge in [-0.3, -0.25) is 14.4 Å². The highest BCUT2D eigenvalue weighted by molar-refractivity contribution is 6.00. The van der Waals surface area contributed by atoms with Gasteiger partial charge in [0.2, 0.25) is 0 Å². The van der Waals surface area contributed by atoms with Gasteiger partial charge in [0.15, 0.2) is 11.7 Å². The first-order valence-electron chi connectivity index (χ1n) is 9.69. The van der Waals surface area contributed by atoms with Crippen molar-refractivity contribution in [3.05, 3.63) is 23.8 Å². The lowest BCUT2D eigenvalue weighted by Crippen LogP contribution is -2.40. The molecule has 1 heterocycles. The van der Waals surface area contributed by atoms with Gasteiger partial charge >= 0.3 is 17.9 Å². The summed E-state index contributed by atoms with van der Waals surface area (Å²) >= 11 is 0. The van der Waals surface area contributed by atoms with E-state index in [0.717, 1.165) is 19.3 Å². The molecule has 1 aliphatic rings. The van der Waals surface area contributed by atoms with Crippen LogP contribution in [-0.2, 0) is 38.1 Å². The van der Waals surface area contributed by atoms with Crippen LogP contribution in [0.2, 0.25) is 0 Å². The summed E-state index contributed by atoms with van der Waals surface area (Å²) < 4.78 is 25.8. The molecule has 29 heavy (non-hydrogen) atoms. The van der Waals surface area contributed by atoms with Crippen molar-refractivity contribution in [1.29, 1.82) is 0 Å². The topological polar surface area (TPSA) is 97.4 Å². The summed E-state index contributed by atoms with van der Waals surface area (Å²) in [6.45, 7) is 4.15. The number of hydrogen-bond donors (Lipinski definition) is 0. The molecule has 0 aliphatic carbocycles. The van der Waals surface area contributed by atoms with Crippen molar-refractivity contribution in [1.82, 2.24) is 0 Å². The average molecular weight is 412 g/mol. The summed E-state index contributed by atoms with van der Waals surface area (Å²) in [5, 5.41) is 0. The number of methoxy groups -OCH3 is 2. The summed E-state index contributed by atoms with van der Waals surface area (Å²) in [4.78, 5) is 36.0. The Kier molecular flexibility index (Phi) is 11.2. The Labute approximate surface area is 172 Å². The van der Waals surface area contributed by atoms with Crippen molar-refractivity contribution < 1.29 is 38.1 Å². The number of ether oxygens (including phenoxy) is 5. The van der Waals surface area contributed by atoms with Gasteiger partial charge in [-0.05, 0) is 44.6 Å². The fraction of sp³-hybridized carbons (Fsp3) is 0.667. The third-order valence-electron chi connectivity index (χ3n) is 4.60. The number of allylic oxidation sites excluding steroid dienone is 2. The van der Waals surface area contributed by atoms with Crippen LogP contribution >= 0.6 is 0 Å². The molecule has 0 bridgehead atoms. The van der Waals surface area contributed by atoms with E-state index in [0.29, 0.717) is 18.8 Å². The first kappa shape index (κ1) is 24.8. The highest BCUT2D eigenvalue weighted by Crippen LogP contribution is 2.32. The van der Waals surface area contributed by atoms with E-state index in [9.17, 15) is 14.4 Å². The second-order valence-electron chi connectivity index (χ2n) is 6.91. The minimum atomic E-state index is -1.53. The van der Waals surface area contributed by atoms with Crippen molar-refractivity contribution in [3.63, 3.8) is 0 Å². The van der Waals surface area contributed by atoms with E-state index in [1.54, 1.807) is 25.2 Å². The molecule has 1 fully saturated rings. The molecule has 0 saturated carbocycles. The van der Waals surface area contributed by atoms with Gasteiger partial charge in [-0.1, -0.05) is 18.2 Å². The Morgan fingerprint density at radius 3 is 2.28 bits per heavy atom. The van der Waals surface area contributed by atoms with Crippen molar-refractivity contribution in [2.45, 2.75) is 52.2 Å². The molecule has 0 aromatic rings. The first-order valence-corrected chi connectivity index (χ1v) is 9.69. The Hall–Kier alpha value is -2.19. The van der Waals surface area contributed by atoms with E-state index in [4.69, 9.17) is 23.7 Å². The monoisotopic (exact) mass is 412 g/mol. The van der Waals surface area contributed by atoms with E-state index in [1.807, 2.05) is 0 Å². The van der Waals surface area contributed by atoms with Crippen LogP contribution in [-0.4, -0.2) is 58.2 Å². The summed E-state index contributed by atoms with van der Waals surface area (Å²) in [6, 6.07) is 0. The normalized spacial score (nSPS) is 17.8. The largest absolute Gasteiger partial charge is 0.468 e. The van der Waals surface area contributed by atoms with Gasteiger partial charge in [0, 0.05) is 13.5 Å². The van der Waals surface area contributed by atoms with E-state index in [-0.39, 0.29) is 25.7 Å². The number of esters is 3. The van der Waals surface area contributed by atoms with Crippen LogP contribution in [0.15, 0.2) is 23.8 Å². The number of hydrogen-bond acceptors (Lipinski definition) is 8. The molecule has 0 spiro atoms. The predicted octanol–water partition coefficient (Wildman–Crippen LogP) is 2.71. The fourth-order valence-corrected chi connectivity index (χ4v) is 2.87. The molecular formula is C21H32O8. The zero-order valence-corrected chi connectivity index (χ0v) is 17.7. The molecular weight excluding hydrogens is 380 g/mol. The molecule has 1 unspecified atom stereocenters. The van der Waals surface area contributed by atoms with Crippen LogP contribution < -0.4 is 0 Å². The van der Waals surface area contributed by atoms with Gasteiger partial charge in [-0.15, -0.1) is 0 Å². The van der Waals surface area contributed by atoms with Gasteiger partial charge < -0.3 is 23.7 Å². The Morgan fingerprint density at radius 2 is 1.72 bits per heavy atom. The van der Waals surface area contributed by atoms with Crippen molar-refractivity contribution >= 4 is 17.9 Å². The second-order valence-corrected chi connectivity index (χ2v) is 6.91. The molecule has 0 radical (unpaired) electrons. The zero-order valence-electron chi connectivity index (χ0n) is 17.7. The molecule has 0 N–H and O–H groups in total. The summed E-state index contributed by atoms with van der Waals surface area (Å²) in [5.74, 6) is -1.79. The van der Waals surface area contributed by atoms with E-state index in [1.165, 1.54) is 21.1 Å². The quantitative estimate of drug-likeness (QED) is 0.221. The van der Waals surface area contributed by atoms with Crippen LogP contribution in [0.25, 0.3) is 0 Å². The second kappa shape index (κ2) is 13.1. The number of carbonyl (C=O) groups excluding carboxylic acids is 3. The maximum absolute atomic E-state index is 12.5. The van der Waals surface area contributed by atoms with E-state index < -0.39 is 23.3 Å². The minimum absolute atomic E-state index is 0.0520. The molecule has 1 aliphatic heterocycles. The van der Waals surface area contributed by atoms with Crippen LogP contribution in [0, 0.1) is 5.41 Å². The summed E-state index contributed by atoms with van der Waals surface area (Å²) in [6.07, 6.45) is 8.01. The maximum atomic E-state index is 12.5. The fourth-order valence-electron chi connectivity index (χ4n) is 2.87. The Balaban J connectivity index is 2.81. The zero-order chi connectivity index (χ0) is 21.7. The molecule has 0 aromatic heterocycles. The molecule has 0 aromatic carbocycles. The molecule has 0 amide bonds. The predicted molar refractivity (Wildman–Crippen MR) is 105 cm³/mol. The van der Waals surface area contributed by atoms with E-state index >= 15 is 0 Å². The molecule has 8 heteroatoms. The van der Waals surface area contributed by atoms with Crippen molar-refractivity contribution in [2.75, 3.05) is 34.0 Å². The van der Waals surface area contributed by atoms with Crippen LogP contribution in [0.5, 0.6) is 0 Å². The Bertz CT molecular complexity index is 586. The molecule has 1 atom stereocenters. The smallest absolute Gasteiger partial charge is 0.323 e. The maximum Gasteiger partial charge on any atom is 0.323 e. The van der Waals surface area contributed by atoms with Gasteiger partial charge in [0.25, 0.3) is 0 Å². The lowest BCUT2D eigenvalue weighted by atomic mass is 9.80. The van der Waals surface area contributed by atoms with E-state index in [2.05, 4.69) is 0 Å². The Morgan fingerprint density at radius 1 is 1.03 bits per heavy atom. The highest BCUT2D eigenvalue weighted by Gasteiger charge is 2.46. The minimum Gasteiger partial charge on any atom is -0.468 e. The molecule has 8 nitrogen and oxygen atoms in total. The van der Waals surface area contributed by atoms with Crippen LogP contribution in [0.3, 0.4) is 0 Å². The lowest BCUT2D eigenvalue weighted by Gasteiger charge is -2.26. The number of rotatable bonds is 11. The van der Waals surface area contributed by atoms with Gasteiger partial charge in [0.1, 0.15) is 6.61 Å². The summed E-state index contributed by atoms with van der Waals surface area (Å²) in [7, 11) is 2.45. The molecule has 1 saturated heterocycles. The average Bonchev–Trinajstić information content (AvgIpc) is 2.73. The van der Waals surface area contributed by atoms with Crippen molar-refractivity contribution in [3.8, 4) is 0 Å². The third-order valence-corrected chi connectivity index (χ3v) is 4.60. The van der Waals surface area contributed by atoms with Gasteiger partial charge in [-0.2, -0.15) is 0 Å². The lowest BCUT2D eigenvalue weighted by molar-refractivity contribution is -0.169. The SMILES string of the molecule is COC(=O)C(C/C=C/COC1CCCCO1)(C/C=C(\C)COC(C)=O)C(=O)OC. The third kappa shape index (κ3) is 8.37. The van der Waals surface area contributed by atoms with Gasteiger partial charge in [-0.25, -0.2) is 0 Å². The summed E-state index contributed by atoms with van der Waals surface area (Å²) in [5.41, 5.74) is -0.821. The van der Waals surface area contributed by atoms with Gasteiger partial charge in [0.05, 0.1) is 20.8 Å². The highest BCUT2D eigenvalue weighted by atomic mass is 16.7. The molecule has 1 rings (SSSR count). The first-order chi connectivity index (χ1) is 13.9. The molecule has 164 valence electrons. The standard InChI is InChI=1S/C21H32O8/c1-16(15-29-17(2)22)10-12-21(19(23)25-3,20(24)26-4)11-6-8-14-28-18-9-5-7-13-27-18/h6,8,10,18H,5,7,9,11-15H2,1-4H3/b8-6+,16-10+. The van der Waals surface area contributed by atoms with Crippen LogP contribution in [0.1, 0.15) is 46.0 Å². The van der Waals surface area contributed by atoms with Crippen LogP contribution in [0.4, 0.5) is 0 Å².